The van der Waals surface area contributed by atoms with E-state index in [-0.39, 0.29) is 5.54 Å². The van der Waals surface area contributed by atoms with E-state index in [1.807, 2.05) is 0 Å². The summed E-state index contributed by atoms with van der Waals surface area (Å²) in [4.78, 5) is 0. The van der Waals surface area contributed by atoms with Crippen LogP contribution in [0.25, 0.3) is 0 Å². The Kier molecular flexibility index (Phi) is 2.36. The molecule has 0 aromatic heterocycles. The Labute approximate surface area is 79.8 Å². The lowest BCUT2D eigenvalue weighted by Crippen LogP contribution is -2.55. The van der Waals surface area contributed by atoms with Gasteiger partial charge >= 0.3 is 0 Å². The number of sulfone groups is 1. The SMILES string of the molecule is O=S1(=O)CCC[C@]2(CCCCN2)C1. The minimum absolute atomic E-state index is 0.0463. The second-order valence-corrected chi connectivity index (χ2v) is 6.54. The smallest absolute Gasteiger partial charge is 0.152 e. The van der Waals surface area contributed by atoms with E-state index in [4.69, 9.17) is 0 Å². The second-order valence-electron chi connectivity index (χ2n) is 4.36. The zero-order valence-corrected chi connectivity index (χ0v) is 8.70. The Morgan fingerprint density at radius 3 is 2.46 bits per heavy atom. The largest absolute Gasteiger partial charge is 0.310 e. The minimum atomic E-state index is -2.75. The zero-order chi connectivity index (χ0) is 9.36. The van der Waals surface area contributed by atoms with E-state index >= 15 is 0 Å². The Bertz CT molecular complexity index is 272. The molecule has 0 unspecified atom stereocenters. The van der Waals surface area contributed by atoms with E-state index in [0.29, 0.717) is 11.5 Å². The first kappa shape index (κ1) is 9.46. The number of hydrogen-bond donors (Lipinski definition) is 1. The third-order valence-electron chi connectivity index (χ3n) is 3.19. The van der Waals surface area contributed by atoms with Crippen LogP contribution >= 0.6 is 0 Å². The molecule has 2 aliphatic rings. The molecule has 76 valence electrons. The molecule has 1 N–H and O–H groups in total. The molecule has 0 aromatic rings. The molecule has 0 bridgehead atoms. The first-order chi connectivity index (χ1) is 6.12. The maximum Gasteiger partial charge on any atom is 0.152 e. The van der Waals surface area contributed by atoms with Gasteiger partial charge in [-0.25, -0.2) is 8.42 Å². The lowest BCUT2D eigenvalue weighted by Gasteiger charge is -2.40. The fourth-order valence-electron chi connectivity index (χ4n) is 2.56. The van der Waals surface area contributed by atoms with Gasteiger partial charge in [-0.3, -0.25) is 0 Å². The summed E-state index contributed by atoms with van der Waals surface area (Å²) < 4.78 is 23.0. The fraction of sp³-hybridized carbons (Fsp3) is 1.00. The summed E-state index contributed by atoms with van der Waals surface area (Å²) in [5, 5.41) is 3.41. The van der Waals surface area contributed by atoms with Gasteiger partial charge in [0.15, 0.2) is 9.84 Å². The molecule has 4 heteroatoms. The van der Waals surface area contributed by atoms with Crippen LogP contribution in [-0.2, 0) is 9.84 Å². The van der Waals surface area contributed by atoms with Crippen molar-refractivity contribution in [3.63, 3.8) is 0 Å². The van der Waals surface area contributed by atoms with E-state index in [9.17, 15) is 8.42 Å². The van der Waals surface area contributed by atoms with Crippen LogP contribution in [0, 0.1) is 0 Å². The average Bonchev–Trinajstić information content (AvgIpc) is 2.03. The van der Waals surface area contributed by atoms with Crippen molar-refractivity contribution < 1.29 is 8.42 Å². The molecule has 1 atom stereocenters. The lowest BCUT2D eigenvalue weighted by molar-refractivity contribution is 0.254. The summed E-state index contributed by atoms with van der Waals surface area (Å²) in [5.41, 5.74) is -0.0463. The second kappa shape index (κ2) is 3.24. The molecule has 2 heterocycles. The highest BCUT2D eigenvalue weighted by molar-refractivity contribution is 7.91. The van der Waals surface area contributed by atoms with Crippen LogP contribution in [-0.4, -0.2) is 32.0 Å². The highest BCUT2D eigenvalue weighted by Crippen LogP contribution is 2.30. The van der Waals surface area contributed by atoms with E-state index in [1.54, 1.807) is 0 Å². The number of piperidine rings is 1. The summed E-state index contributed by atoms with van der Waals surface area (Å²) in [7, 11) is -2.75. The quantitative estimate of drug-likeness (QED) is 0.630. The molecule has 0 aromatic carbocycles. The van der Waals surface area contributed by atoms with E-state index < -0.39 is 9.84 Å². The standard InChI is InChI=1S/C9H17NO2S/c11-13(12)7-3-5-9(8-13)4-1-2-6-10-9/h10H,1-8H2/t9-/m1/s1. The third-order valence-corrected chi connectivity index (χ3v) is 5.09. The van der Waals surface area contributed by atoms with Gasteiger partial charge in [-0.15, -0.1) is 0 Å². The topological polar surface area (TPSA) is 46.2 Å². The van der Waals surface area contributed by atoms with Crippen LogP contribution < -0.4 is 5.32 Å². The summed E-state index contributed by atoms with van der Waals surface area (Å²) in [6.07, 6.45) is 5.32. The Hall–Kier alpha value is -0.0900. The molecule has 0 radical (unpaired) electrons. The maximum atomic E-state index is 11.5. The van der Waals surface area contributed by atoms with Crippen molar-refractivity contribution in [1.29, 1.82) is 0 Å². The average molecular weight is 203 g/mol. The number of hydrogen-bond acceptors (Lipinski definition) is 3. The Morgan fingerprint density at radius 1 is 1.08 bits per heavy atom. The molecular formula is C9H17NO2S. The van der Waals surface area contributed by atoms with Crippen LogP contribution in [0.15, 0.2) is 0 Å². The van der Waals surface area contributed by atoms with Gasteiger partial charge in [0.1, 0.15) is 0 Å². The van der Waals surface area contributed by atoms with Crippen LogP contribution in [0.1, 0.15) is 32.1 Å². The molecule has 2 saturated heterocycles. The van der Waals surface area contributed by atoms with Crippen molar-refractivity contribution in [2.24, 2.45) is 0 Å². The predicted molar refractivity (Wildman–Crippen MR) is 52.5 cm³/mol. The molecule has 2 fully saturated rings. The first-order valence-corrected chi connectivity index (χ1v) is 6.90. The van der Waals surface area contributed by atoms with Crippen molar-refractivity contribution in [2.75, 3.05) is 18.1 Å². The number of rotatable bonds is 0. The van der Waals surface area contributed by atoms with Crippen LogP contribution in [0.3, 0.4) is 0 Å². The molecule has 1 spiro atoms. The molecule has 2 aliphatic heterocycles. The summed E-state index contributed by atoms with van der Waals surface area (Å²) in [6, 6.07) is 0. The summed E-state index contributed by atoms with van der Waals surface area (Å²) >= 11 is 0. The molecule has 2 rings (SSSR count). The van der Waals surface area contributed by atoms with Crippen LogP contribution in [0.5, 0.6) is 0 Å². The van der Waals surface area contributed by atoms with Gasteiger partial charge in [-0.2, -0.15) is 0 Å². The van der Waals surface area contributed by atoms with Gasteiger partial charge in [-0.05, 0) is 32.2 Å². The molecule has 3 nitrogen and oxygen atoms in total. The molecule has 13 heavy (non-hydrogen) atoms. The van der Waals surface area contributed by atoms with E-state index in [2.05, 4.69) is 5.32 Å². The van der Waals surface area contributed by atoms with Gasteiger partial charge in [0.2, 0.25) is 0 Å². The summed E-state index contributed by atoms with van der Waals surface area (Å²) in [5.74, 6) is 0.774. The number of nitrogens with one attached hydrogen (secondary N) is 1. The van der Waals surface area contributed by atoms with Gasteiger partial charge in [0.05, 0.1) is 11.5 Å². The van der Waals surface area contributed by atoms with Gasteiger partial charge in [0, 0.05) is 5.54 Å². The normalized spacial score (nSPS) is 39.1. The fourth-order valence-corrected chi connectivity index (χ4v) is 4.52. The van der Waals surface area contributed by atoms with Gasteiger partial charge in [0.25, 0.3) is 0 Å². The highest BCUT2D eigenvalue weighted by Gasteiger charge is 2.39. The first-order valence-electron chi connectivity index (χ1n) is 5.07. The van der Waals surface area contributed by atoms with E-state index in [0.717, 1.165) is 25.8 Å². The molecule has 0 aliphatic carbocycles. The van der Waals surface area contributed by atoms with Crippen molar-refractivity contribution >= 4 is 9.84 Å². The monoisotopic (exact) mass is 203 g/mol. The minimum Gasteiger partial charge on any atom is -0.310 e. The van der Waals surface area contributed by atoms with Crippen molar-refractivity contribution in [3.05, 3.63) is 0 Å². The van der Waals surface area contributed by atoms with Crippen molar-refractivity contribution in [2.45, 2.75) is 37.6 Å². The maximum absolute atomic E-state index is 11.5. The summed E-state index contributed by atoms with van der Waals surface area (Å²) in [6.45, 7) is 0.996. The predicted octanol–water partition coefficient (Wildman–Crippen LogP) is 0.707. The van der Waals surface area contributed by atoms with Crippen molar-refractivity contribution in [1.82, 2.24) is 5.32 Å². The zero-order valence-electron chi connectivity index (χ0n) is 7.88. The molecule has 0 amide bonds. The van der Waals surface area contributed by atoms with Crippen LogP contribution in [0.2, 0.25) is 0 Å². The Morgan fingerprint density at radius 2 is 1.85 bits per heavy atom. The van der Waals surface area contributed by atoms with Crippen molar-refractivity contribution in [3.8, 4) is 0 Å². The lowest BCUT2D eigenvalue weighted by atomic mass is 9.86. The van der Waals surface area contributed by atoms with Gasteiger partial charge < -0.3 is 5.32 Å². The van der Waals surface area contributed by atoms with Gasteiger partial charge in [-0.1, -0.05) is 6.42 Å². The molecule has 0 saturated carbocycles. The molecular weight excluding hydrogens is 186 g/mol. The van der Waals surface area contributed by atoms with E-state index in [1.165, 1.54) is 12.8 Å². The third kappa shape index (κ3) is 2.05. The highest BCUT2D eigenvalue weighted by atomic mass is 32.2. The van der Waals surface area contributed by atoms with Crippen LogP contribution in [0.4, 0.5) is 0 Å². The Balaban J connectivity index is 2.13.